The van der Waals surface area contributed by atoms with Crippen LogP contribution in [0.25, 0.3) is 0 Å². The van der Waals surface area contributed by atoms with Gasteiger partial charge in [-0.3, -0.25) is 0 Å². The first-order chi connectivity index (χ1) is 9.27. The molecule has 0 bridgehead atoms. The Balaban J connectivity index is 2.29. The number of ether oxygens (including phenoxy) is 1. The quantitative estimate of drug-likeness (QED) is 0.884. The van der Waals surface area contributed by atoms with Gasteiger partial charge in [-0.05, 0) is 42.8 Å². The van der Waals surface area contributed by atoms with Crippen LogP contribution in [0.1, 0.15) is 5.56 Å². The maximum absolute atomic E-state index is 13.3. The molecule has 0 amide bonds. The maximum atomic E-state index is 13.3. The minimum atomic E-state index is -3.24. The van der Waals surface area contributed by atoms with Gasteiger partial charge < -0.3 is 10.5 Å². The van der Waals surface area contributed by atoms with E-state index in [0.717, 1.165) is 6.26 Å². The molecule has 0 heterocycles. The van der Waals surface area contributed by atoms with Crippen LogP contribution in [0.15, 0.2) is 41.3 Å². The summed E-state index contributed by atoms with van der Waals surface area (Å²) < 4.78 is 41.5. The van der Waals surface area contributed by atoms with Gasteiger partial charge in [-0.25, -0.2) is 12.8 Å². The van der Waals surface area contributed by atoms with Crippen molar-refractivity contribution in [3.8, 4) is 11.5 Å². The predicted molar refractivity (Wildman–Crippen MR) is 75.2 cm³/mol. The molecule has 0 aliphatic heterocycles. The molecule has 2 aromatic carbocycles. The molecule has 0 saturated heterocycles. The fraction of sp³-hybridized carbons (Fsp3) is 0.143. The molecular weight excluding hydrogens is 281 g/mol. The number of sulfone groups is 1. The Hall–Kier alpha value is -2.08. The van der Waals surface area contributed by atoms with Crippen molar-refractivity contribution in [1.29, 1.82) is 0 Å². The van der Waals surface area contributed by atoms with Crippen LogP contribution in [0.5, 0.6) is 11.5 Å². The lowest BCUT2D eigenvalue weighted by Gasteiger charge is -2.10. The third-order valence-corrected chi connectivity index (χ3v) is 3.90. The van der Waals surface area contributed by atoms with Gasteiger partial charge in [0.25, 0.3) is 0 Å². The Kier molecular flexibility index (Phi) is 3.67. The lowest BCUT2D eigenvalue weighted by Crippen LogP contribution is -1.97. The van der Waals surface area contributed by atoms with Crippen molar-refractivity contribution in [2.45, 2.75) is 11.8 Å². The molecule has 0 unspecified atom stereocenters. The Bertz CT molecular complexity index is 740. The standard InChI is InChI=1S/C14H14FNO3S/c1-9-7-14(13(16)8-12(9)15)19-10-3-5-11(6-4-10)20(2,17)18/h3-8H,16H2,1-2H3. The first kappa shape index (κ1) is 14.3. The highest BCUT2D eigenvalue weighted by Crippen LogP contribution is 2.30. The number of aryl methyl sites for hydroxylation is 1. The Labute approximate surface area is 116 Å². The average Bonchev–Trinajstić information content (AvgIpc) is 2.35. The highest BCUT2D eigenvalue weighted by atomic mass is 32.2. The molecule has 0 saturated carbocycles. The maximum Gasteiger partial charge on any atom is 0.175 e. The SMILES string of the molecule is Cc1cc(Oc2ccc(S(C)(=O)=O)cc2)c(N)cc1F. The smallest absolute Gasteiger partial charge is 0.175 e. The van der Waals surface area contributed by atoms with E-state index in [0.29, 0.717) is 17.1 Å². The highest BCUT2D eigenvalue weighted by Gasteiger charge is 2.09. The van der Waals surface area contributed by atoms with Gasteiger partial charge in [0.15, 0.2) is 15.6 Å². The van der Waals surface area contributed by atoms with Gasteiger partial charge in [-0.1, -0.05) is 0 Å². The predicted octanol–water partition coefficient (Wildman–Crippen LogP) is 2.91. The fourth-order valence-corrected chi connectivity index (χ4v) is 2.27. The van der Waals surface area contributed by atoms with Crippen LogP contribution in [0.4, 0.5) is 10.1 Å². The summed E-state index contributed by atoms with van der Waals surface area (Å²) in [5, 5.41) is 0. The third-order valence-electron chi connectivity index (χ3n) is 2.77. The van der Waals surface area contributed by atoms with Crippen molar-refractivity contribution in [3.63, 3.8) is 0 Å². The second-order valence-corrected chi connectivity index (χ2v) is 6.50. The Morgan fingerprint density at radius 3 is 2.30 bits per heavy atom. The molecule has 106 valence electrons. The number of benzene rings is 2. The van der Waals surface area contributed by atoms with Crippen LogP contribution >= 0.6 is 0 Å². The zero-order valence-electron chi connectivity index (χ0n) is 11.1. The zero-order valence-corrected chi connectivity index (χ0v) is 11.9. The summed E-state index contributed by atoms with van der Waals surface area (Å²) in [5.74, 6) is 0.355. The molecule has 0 spiro atoms. The largest absolute Gasteiger partial charge is 0.455 e. The number of rotatable bonds is 3. The lowest BCUT2D eigenvalue weighted by molar-refractivity contribution is 0.482. The zero-order chi connectivity index (χ0) is 14.9. The molecular formula is C14H14FNO3S. The van der Waals surface area contributed by atoms with Crippen LogP contribution in [0.2, 0.25) is 0 Å². The van der Waals surface area contributed by atoms with Gasteiger partial charge in [0.2, 0.25) is 0 Å². The molecule has 0 fully saturated rings. The first-order valence-electron chi connectivity index (χ1n) is 5.81. The van der Waals surface area contributed by atoms with E-state index in [1.165, 1.54) is 36.4 Å². The van der Waals surface area contributed by atoms with Crippen molar-refractivity contribution in [1.82, 2.24) is 0 Å². The van der Waals surface area contributed by atoms with E-state index >= 15 is 0 Å². The van der Waals surface area contributed by atoms with E-state index in [2.05, 4.69) is 0 Å². The van der Waals surface area contributed by atoms with Crippen LogP contribution in [0, 0.1) is 12.7 Å². The summed E-state index contributed by atoms with van der Waals surface area (Å²) in [6.45, 7) is 1.61. The monoisotopic (exact) mass is 295 g/mol. The van der Waals surface area contributed by atoms with Crippen LogP contribution in [-0.2, 0) is 9.84 Å². The minimum Gasteiger partial charge on any atom is -0.455 e. The molecule has 4 nitrogen and oxygen atoms in total. The van der Waals surface area contributed by atoms with E-state index in [1.54, 1.807) is 6.92 Å². The van der Waals surface area contributed by atoms with E-state index in [1.807, 2.05) is 0 Å². The first-order valence-corrected chi connectivity index (χ1v) is 7.70. The van der Waals surface area contributed by atoms with Gasteiger partial charge in [-0.15, -0.1) is 0 Å². The molecule has 2 rings (SSSR count). The fourth-order valence-electron chi connectivity index (χ4n) is 1.64. The highest BCUT2D eigenvalue weighted by molar-refractivity contribution is 7.90. The average molecular weight is 295 g/mol. The minimum absolute atomic E-state index is 0.181. The Morgan fingerprint density at radius 1 is 1.15 bits per heavy atom. The normalized spacial score (nSPS) is 11.3. The Morgan fingerprint density at radius 2 is 1.75 bits per heavy atom. The van der Waals surface area contributed by atoms with Gasteiger partial charge in [-0.2, -0.15) is 0 Å². The summed E-state index contributed by atoms with van der Waals surface area (Å²) in [5.41, 5.74) is 6.28. The summed E-state index contributed by atoms with van der Waals surface area (Å²) >= 11 is 0. The van der Waals surface area contributed by atoms with Crippen LogP contribution < -0.4 is 10.5 Å². The topological polar surface area (TPSA) is 69.4 Å². The van der Waals surface area contributed by atoms with Crippen LogP contribution in [-0.4, -0.2) is 14.7 Å². The number of nitrogen functional groups attached to an aromatic ring is 1. The molecule has 0 radical (unpaired) electrons. The molecule has 20 heavy (non-hydrogen) atoms. The molecule has 6 heteroatoms. The van der Waals surface area contributed by atoms with Gasteiger partial charge in [0.1, 0.15) is 11.6 Å². The molecule has 0 aliphatic rings. The second-order valence-electron chi connectivity index (χ2n) is 4.48. The number of hydrogen-bond acceptors (Lipinski definition) is 4. The number of halogens is 1. The molecule has 2 aromatic rings. The summed E-state index contributed by atoms with van der Waals surface area (Å²) in [4.78, 5) is 0.202. The van der Waals surface area contributed by atoms with E-state index in [-0.39, 0.29) is 10.6 Å². The number of nitrogens with two attached hydrogens (primary N) is 1. The number of hydrogen-bond donors (Lipinski definition) is 1. The second kappa shape index (κ2) is 5.13. The summed E-state index contributed by atoms with van der Waals surface area (Å²) in [7, 11) is -3.24. The molecule has 0 aromatic heterocycles. The van der Waals surface area contributed by atoms with Gasteiger partial charge in [0.05, 0.1) is 10.6 Å². The van der Waals surface area contributed by atoms with Crippen molar-refractivity contribution in [2.75, 3.05) is 12.0 Å². The lowest BCUT2D eigenvalue weighted by atomic mass is 10.2. The van der Waals surface area contributed by atoms with Crippen molar-refractivity contribution in [3.05, 3.63) is 47.8 Å². The number of anilines is 1. The van der Waals surface area contributed by atoms with Gasteiger partial charge in [0, 0.05) is 12.3 Å². The van der Waals surface area contributed by atoms with E-state index in [4.69, 9.17) is 10.5 Å². The molecule has 0 aliphatic carbocycles. The van der Waals surface area contributed by atoms with E-state index in [9.17, 15) is 12.8 Å². The summed E-state index contributed by atoms with van der Waals surface area (Å²) in [6, 6.07) is 8.61. The molecule has 0 atom stereocenters. The molecule has 2 N–H and O–H groups in total. The van der Waals surface area contributed by atoms with Crippen LogP contribution in [0.3, 0.4) is 0 Å². The van der Waals surface area contributed by atoms with Crippen molar-refractivity contribution < 1.29 is 17.5 Å². The van der Waals surface area contributed by atoms with Crippen molar-refractivity contribution >= 4 is 15.5 Å². The van der Waals surface area contributed by atoms with Gasteiger partial charge >= 0.3 is 0 Å². The van der Waals surface area contributed by atoms with E-state index < -0.39 is 15.7 Å². The van der Waals surface area contributed by atoms with Crippen molar-refractivity contribution in [2.24, 2.45) is 0 Å². The third kappa shape index (κ3) is 3.08. The summed E-state index contributed by atoms with van der Waals surface area (Å²) in [6.07, 6.45) is 1.13.